The van der Waals surface area contributed by atoms with Crippen LogP contribution in [-0.2, 0) is 0 Å². The summed E-state index contributed by atoms with van der Waals surface area (Å²) in [6, 6.07) is 8.52. The minimum Gasteiger partial charge on any atom is -0.329 e. The van der Waals surface area contributed by atoms with Crippen molar-refractivity contribution in [2.45, 2.75) is 51.6 Å². The molecule has 2 nitrogen and oxygen atoms in total. The van der Waals surface area contributed by atoms with E-state index < -0.39 is 0 Å². The predicted molar refractivity (Wildman–Crippen MR) is 91.6 cm³/mol. The number of rotatable bonds is 4. The van der Waals surface area contributed by atoms with E-state index in [1.54, 1.807) is 0 Å². The normalized spacial score (nSPS) is 31.4. The summed E-state index contributed by atoms with van der Waals surface area (Å²) in [6.45, 7) is 7.72. The van der Waals surface area contributed by atoms with Crippen molar-refractivity contribution < 1.29 is 0 Å². The first kappa shape index (κ1) is 16.8. The molecule has 1 aliphatic carbocycles. The summed E-state index contributed by atoms with van der Waals surface area (Å²) in [5.41, 5.74) is 7.61. The van der Waals surface area contributed by atoms with Crippen molar-refractivity contribution in [3.05, 3.63) is 34.9 Å². The molecular formula is C18H29ClN2. The van der Waals surface area contributed by atoms with Crippen molar-refractivity contribution in [1.29, 1.82) is 0 Å². The molecule has 0 aliphatic heterocycles. The third kappa shape index (κ3) is 3.44. The van der Waals surface area contributed by atoms with Crippen LogP contribution in [0.1, 0.15) is 51.6 Å². The Morgan fingerprint density at radius 3 is 2.67 bits per heavy atom. The van der Waals surface area contributed by atoms with Gasteiger partial charge in [0, 0.05) is 23.1 Å². The molecule has 1 aromatic carbocycles. The smallest absolute Gasteiger partial charge is 0.0409 e. The number of hydrogen-bond acceptors (Lipinski definition) is 2. The third-order valence-electron chi connectivity index (χ3n) is 5.78. The van der Waals surface area contributed by atoms with Crippen molar-refractivity contribution in [2.24, 2.45) is 17.6 Å². The SMILES string of the molecule is CC1CCC(CN)(N(C)C(C)c2cccc(Cl)c2)CC1C. The van der Waals surface area contributed by atoms with E-state index in [0.29, 0.717) is 6.04 Å². The van der Waals surface area contributed by atoms with Crippen LogP contribution in [0.4, 0.5) is 0 Å². The zero-order valence-corrected chi connectivity index (χ0v) is 14.5. The van der Waals surface area contributed by atoms with Gasteiger partial charge in [-0.1, -0.05) is 37.6 Å². The Balaban J connectivity index is 2.21. The Morgan fingerprint density at radius 1 is 1.38 bits per heavy atom. The van der Waals surface area contributed by atoms with Crippen molar-refractivity contribution in [3.8, 4) is 0 Å². The average Bonchev–Trinajstić information content (AvgIpc) is 2.48. The van der Waals surface area contributed by atoms with Crippen molar-refractivity contribution in [1.82, 2.24) is 4.90 Å². The number of nitrogens with two attached hydrogens (primary N) is 1. The van der Waals surface area contributed by atoms with Crippen LogP contribution < -0.4 is 5.73 Å². The molecular weight excluding hydrogens is 280 g/mol. The van der Waals surface area contributed by atoms with Crippen LogP contribution in [0.25, 0.3) is 0 Å². The first-order valence-electron chi connectivity index (χ1n) is 8.08. The molecule has 1 aromatic rings. The highest BCUT2D eigenvalue weighted by molar-refractivity contribution is 6.30. The molecule has 21 heavy (non-hydrogen) atoms. The Labute approximate surface area is 134 Å². The average molecular weight is 309 g/mol. The lowest BCUT2D eigenvalue weighted by Crippen LogP contribution is -2.56. The van der Waals surface area contributed by atoms with E-state index in [2.05, 4.69) is 44.9 Å². The molecule has 3 heteroatoms. The Hall–Kier alpha value is -0.570. The van der Waals surface area contributed by atoms with Crippen molar-refractivity contribution in [3.63, 3.8) is 0 Å². The molecule has 0 saturated heterocycles. The van der Waals surface area contributed by atoms with Crippen LogP contribution in [0, 0.1) is 11.8 Å². The van der Waals surface area contributed by atoms with Crippen LogP contribution in [0.5, 0.6) is 0 Å². The molecule has 118 valence electrons. The maximum absolute atomic E-state index is 6.22. The molecule has 0 aromatic heterocycles. The van der Waals surface area contributed by atoms with Gasteiger partial charge in [0.2, 0.25) is 0 Å². The molecule has 0 heterocycles. The van der Waals surface area contributed by atoms with Crippen LogP contribution in [-0.4, -0.2) is 24.0 Å². The number of benzene rings is 1. The van der Waals surface area contributed by atoms with Gasteiger partial charge in [0.1, 0.15) is 0 Å². The first-order valence-corrected chi connectivity index (χ1v) is 8.46. The van der Waals surface area contributed by atoms with E-state index in [-0.39, 0.29) is 5.54 Å². The Kier molecular flexibility index (Phi) is 5.34. The highest BCUT2D eigenvalue weighted by Gasteiger charge is 2.41. The summed E-state index contributed by atoms with van der Waals surface area (Å²) < 4.78 is 0. The van der Waals surface area contributed by atoms with E-state index in [9.17, 15) is 0 Å². The van der Waals surface area contributed by atoms with Gasteiger partial charge in [0.25, 0.3) is 0 Å². The zero-order valence-electron chi connectivity index (χ0n) is 13.8. The van der Waals surface area contributed by atoms with Gasteiger partial charge in [-0.3, -0.25) is 4.90 Å². The van der Waals surface area contributed by atoms with Gasteiger partial charge >= 0.3 is 0 Å². The third-order valence-corrected chi connectivity index (χ3v) is 6.01. The van der Waals surface area contributed by atoms with Crippen molar-refractivity contribution in [2.75, 3.05) is 13.6 Å². The van der Waals surface area contributed by atoms with Gasteiger partial charge < -0.3 is 5.73 Å². The van der Waals surface area contributed by atoms with E-state index in [1.165, 1.54) is 24.8 Å². The monoisotopic (exact) mass is 308 g/mol. The second-order valence-corrected chi connectivity index (χ2v) is 7.40. The predicted octanol–water partition coefficient (Wildman–Crippen LogP) is 4.49. The maximum Gasteiger partial charge on any atom is 0.0409 e. The number of halogens is 1. The standard InChI is InChI=1S/C18H29ClN2/c1-13-8-9-18(12-20,11-14(13)2)21(4)15(3)16-6-5-7-17(19)10-16/h5-7,10,13-15H,8-9,11-12,20H2,1-4H3. The largest absolute Gasteiger partial charge is 0.329 e. The van der Waals surface area contributed by atoms with Gasteiger partial charge in [-0.15, -0.1) is 0 Å². The summed E-state index contributed by atoms with van der Waals surface area (Å²) >= 11 is 6.15. The van der Waals surface area contributed by atoms with Crippen LogP contribution in [0.3, 0.4) is 0 Å². The molecule has 1 aliphatic rings. The summed E-state index contributed by atoms with van der Waals surface area (Å²) in [5, 5.41) is 0.806. The van der Waals surface area contributed by atoms with E-state index in [1.807, 2.05) is 12.1 Å². The molecule has 4 atom stereocenters. The van der Waals surface area contributed by atoms with Crippen molar-refractivity contribution >= 4 is 11.6 Å². The van der Waals surface area contributed by atoms with E-state index in [4.69, 9.17) is 17.3 Å². The summed E-state index contributed by atoms with van der Waals surface area (Å²) in [6.07, 6.45) is 3.65. The molecule has 1 saturated carbocycles. The molecule has 2 N–H and O–H groups in total. The van der Waals surface area contributed by atoms with Crippen LogP contribution >= 0.6 is 11.6 Å². The van der Waals surface area contributed by atoms with E-state index >= 15 is 0 Å². The summed E-state index contributed by atoms with van der Waals surface area (Å²) in [7, 11) is 2.22. The lowest BCUT2D eigenvalue weighted by Gasteiger charge is -2.50. The summed E-state index contributed by atoms with van der Waals surface area (Å²) in [5.74, 6) is 1.54. The molecule has 2 rings (SSSR count). The molecule has 1 fully saturated rings. The fourth-order valence-electron chi connectivity index (χ4n) is 3.73. The van der Waals surface area contributed by atoms with Gasteiger partial charge in [-0.2, -0.15) is 0 Å². The quantitative estimate of drug-likeness (QED) is 0.888. The topological polar surface area (TPSA) is 29.3 Å². The van der Waals surface area contributed by atoms with Gasteiger partial charge in [-0.05, 0) is 62.8 Å². The first-order chi connectivity index (χ1) is 9.89. The molecule has 4 unspecified atom stereocenters. The van der Waals surface area contributed by atoms with E-state index in [0.717, 1.165) is 23.4 Å². The van der Waals surface area contributed by atoms with Gasteiger partial charge in [-0.25, -0.2) is 0 Å². The zero-order chi connectivity index (χ0) is 15.6. The minimum atomic E-state index is 0.119. The van der Waals surface area contributed by atoms with Gasteiger partial charge in [0.05, 0.1) is 0 Å². The highest BCUT2D eigenvalue weighted by atomic mass is 35.5. The fraction of sp³-hybridized carbons (Fsp3) is 0.667. The molecule has 0 spiro atoms. The number of nitrogens with zero attached hydrogens (tertiary/aromatic N) is 1. The highest BCUT2D eigenvalue weighted by Crippen LogP contribution is 2.42. The molecule has 0 amide bonds. The lowest BCUT2D eigenvalue weighted by molar-refractivity contribution is 0.0149. The fourth-order valence-corrected chi connectivity index (χ4v) is 3.93. The molecule has 0 bridgehead atoms. The Bertz CT molecular complexity index is 476. The molecule has 0 radical (unpaired) electrons. The van der Waals surface area contributed by atoms with Crippen LogP contribution in [0.15, 0.2) is 24.3 Å². The second-order valence-electron chi connectivity index (χ2n) is 6.97. The summed E-state index contributed by atoms with van der Waals surface area (Å²) in [4.78, 5) is 2.49. The van der Waals surface area contributed by atoms with Gasteiger partial charge in [0.15, 0.2) is 0 Å². The second kappa shape index (κ2) is 6.68. The Morgan fingerprint density at radius 2 is 2.10 bits per heavy atom. The number of hydrogen-bond donors (Lipinski definition) is 1. The number of likely N-dealkylation sites (N-methyl/N-ethyl adjacent to an activating group) is 1. The minimum absolute atomic E-state index is 0.119. The maximum atomic E-state index is 6.22. The van der Waals surface area contributed by atoms with Crippen LogP contribution in [0.2, 0.25) is 5.02 Å². The lowest BCUT2D eigenvalue weighted by atomic mass is 9.70.